The second-order valence-electron chi connectivity index (χ2n) is 12.5. The topological polar surface area (TPSA) is 77.0 Å². The molecule has 0 saturated carbocycles. The van der Waals surface area contributed by atoms with Crippen LogP contribution in [0.15, 0.2) is 24.3 Å². The van der Waals surface area contributed by atoms with Crippen molar-refractivity contribution < 1.29 is 23.5 Å². The molecular formula is C26H45NO5Si. The van der Waals surface area contributed by atoms with Crippen molar-refractivity contribution in [3.05, 3.63) is 29.8 Å². The third-order valence-corrected chi connectivity index (χ3v) is 11.2. The minimum absolute atomic E-state index is 0.109. The predicted molar refractivity (Wildman–Crippen MR) is 135 cm³/mol. The molecule has 1 aromatic rings. The van der Waals surface area contributed by atoms with Crippen molar-refractivity contribution in [3.63, 3.8) is 0 Å². The molecule has 1 amide bonds. The average Bonchev–Trinajstić information content (AvgIpc) is 2.64. The number of phenols is 1. The average molecular weight is 480 g/mol. The van der Waals surface area contributed by atoms with Gasteiger partial charge in [0.2, 0.25) is 0 Å². The normalized spacial score (nSPS) is 18.6. The number of aryl methyl sites for hydroxylation is 1. The molecule has 188 valence electrons. The molecular weight excluding hydrogens is 434 g/mol. The maximum atomic E-state index is 12.7. The van der Waals surface area contributed by atoms with Gasteiger partial charge in [-0.1, -0.05) is 60.1 Å². The molecule has 1 heterocycles. The Morgan fingerprint density at radius 1 is 0.970 bits per heavy atom. The number of phenolic OH excluding ortho intramolecular Hbond substituents is 1. The Balaban J connectivity index is 2.13. The van der Waals surface area contributed by atoms with Crippen LogP contribution in [0.5, 0.6) is 5.75 Å². The Kier molecular flexibility index (Phi) is 8.35. The SMILES string of the molecule is CC(C)(C)OC(=O)NC1(CCCCc2ccc(O)cc2)CO[Si](C(C)(C)C)(C(C)(C)C)OC1. The van der Waals surface area contributed by atoms with E-state index in [1.165, 1.54) is 5.56 Å². The summed E-state index contributed by atoms with van der Waals surface area (Å²) in [5.41, 5.74) is -0.00913. The molecule has 0 spiro atoms. The van der Waals surface area contributed by atoms with Gasteiger partial charge >= 0.3 is 14.7 Å². The van der Waals surface area contributed by atoms with E-state index in [9.17, 15) is 9.90 Å². The number of ether oxygens (including phenoxy) is 1. The number of rotatable bonds is 6. The van der Waals surface area contributed by atoms with Crippen molar-refractivity contribution in [3.8, 4) is 5.75 Å². The molecule has 0 bridgehead atoms. The van der Waals surface area contributed by atoms with Crippen LogP contribution in [-0.4, -0.2) is 44.1 Å². The predicted octanol–water partition coefficient (Wildman–Crippen LogP) is 6.46. The second-order valence-corrected chi connectivity index (χ2v) is 17.3. The third-order valence-electron chi connectivity index (χ3n) is 6.15. The quantitative estimate of drug-likeness (QED) is 0.362. The fourth-order valence-electron chi connectivity index (χ4n) is 4.81. The molecule has 1 aromatic carbocycles. The summed E-state index contributed by atoms with van der Waals surface area (Å²) in [5.74, 6) is 0.279. The number of hydrogen-bond acceptors (Lipinski definition) is 5. The fraction of sp³-hybridized carbons (Fsp3) is 0.731. The van der Waals surface area contributed by atoms with Crippen LogP contribution in [0.3, 0.4) is 0 Å². The monoisotopic (exact) mass is 479 g/mol. The van der Waals surface area contributed by atoms with E-state index in [0.29, 0.717) is 13.2 Å². The van der Waals surface area contributed by atoms with Gasteiger partial charge in [-0.3, -0.25) is 0 Å². The van der Waals surface area contributed by atoms with Gasteiger partial charge in [-0.2, -0.15) is 0 Å². The van der Waals surface area contributed by atoms with Crippen molar-refractivity contribution in [1.29, 1.82) is 0 Å². The summed E-state index contributed by atoms with van der Waals surface area (Å²) in [6.45, 7) is 19.6. The molecule has 1 saturated heterocycles. The van der Waals surface area contributed by atoms with Crippen molar-refractivity contribution >= 4 is 14.7 Å². The largest absolute Gasteiger partial charge is 0.508 e. The van der Waals surface area contributed by atoms with Crippen LogP contribution in [0.1, 0.15) is 87.1 Å². The van der Waals surface area contributed by atoms with E-state index >= 15 is 0 Å². The van der Waals surface area contributed by atoms with Gasteiger partial charge in [-0.15, -0.1) is 0 Å². The molecule has 7 heteroatoms. The van der Waals surface area contributed by atoms with Crippen molar-refractivity contribution in [2.75, 3.05) is 13.2 Å². The lowest BCUT2D eigenvalue weighted by molar-refractivity contribution is -0.0153. The maximum Gasteiger partial charge on any atom is 0.408 e. The van der Waals surface area contributed by atoms with E-state index in [-0.39, 0.29) is 15.8 Å². The van der Waals surface area contributed by atoms with E-state index in [1.807, 2.05) is 32.9 Å². The van der Waals surface area contributed by atoms with Crippen LogP contribution in [0, 0.1) is 0 Å². The number of hydrogen-bond donors (Lipinski definition) is 2. The van der Waals surface area contributed by atoms with Crippen molar-refractivity contribution in [2.45, 2.75) is 109 Å². The number of alkyl carbamates (subject to hydrolysis) is 1. The highest BCUT2D eigenvalue weighted by atomic mass is 28.4. The van der Waals surface area contributed by atoms with E-state index < -0.39 is 25.8 Å². The number of benzene rings is 1. The van der Waals surface area contributed by atoms with Crippen molar-refractivity contribution in [1.82, 2.24) is 5.32 Å². The summed E-state index contributed by atoms with van der Waals surface area (Å²) >= 11 is 0. The zero-order valence-corrected chi connectivity index (χ0v) is 23.1. The number of aromatic hydroxyl groups is 1. The third kappa shape index (κ3) is 7.20. The van der Waals surface area contributed by atoms with Gasteiger partial charge in [0.25, 0.3) is 0 Å². The lowest BCUT2D eigenvalue weighted by atomic mass is 9.93. The number of amides is 1. The van der Waals surface area contributed by atoms with Gasteiger partial charge in [0, 0.05) is 10.1 Å². The summed E-state index contributed by atoms with van der Waals surface area (Å²) in [5, 5.41) is 12.4. The molecule has 6 nitrogen and oxygen atoms in total. The molecule has 1 aliphatic rings. The van der Waals surface area contributed by atoms with Gasteiger partial charge in [-0.05, 0) is 57.7 Å². The maximum absolute atomic E-state index is 12.7. The molecule has 2 rings (SSSR count). The minimum Gasteiger partial charge on any atom is -0.508 e. The lowest BCUT2D eigenvalue weighted by Gasteiger charge is -2.55. The van der Waals surface area contributed by atoms with E-state index in [4.69, 9.17) is 13.6 Å². The van der Waals surface area contributed by atoms with E-state index in [2.05, 4.69) is 46.9 Å². The van der Waals surface area contributed by atoms with Crippen LogP contribution >= 0.6 is 0 Å². The van der Waals surface area contributed by atoms with Gasteiger partial charge in [0.05, 0.1) is 18.8 Å². The summed E-state index contributed by atoms with van der Waals surface area (Å²) in [7, 11) is -2.59. The Labute approximate surface area is 201 Å². The highest BCUT2D eigenvalue weighted by molar-refractivity contribution is 6.73. The smallest absolute Gasteiger partial charge is 0.408 e. The lowest BCUT2D eigenvalue weighted by Crippen LogP contribution is -2.69. The summed E-state index contributed by atoms with van der Waals surface area (Å²) < 4.78 is 18.9. The molecule has 2 N–H and O–H groups in total. The molecule has 0 unspecified atom stereocenters. The molecule has 0 atom stereocenters. The van der Waals surface area contributed by atoms with Gasteiger partial charge in [-0.25, -0.2) is 4.79 Å². The number of unbranched alkanes of at least 4 members (excludes halogenated alkanes) is 1. The zero-order chi connectivity index (χ0) is 25.1. The molecule has 1 fully saturated rings. The first-order valence-corrected chi connectivity index (χ1v) is 13.9. The molecule has 1 aliphatic heterocycles. The molecule has 33 heavy (non-hydrogen) atoms. The molecule has 0 aromatic heterocycles. The van der Waals surface area contributed by atoms with E-state index in [0.717, 1.165) is 25.7 Å². The molecule has 0 radical (unpaired) electrons. The summed E-state index contributed by atoms with van der Waals surface area (Å²) in [6.07, 6.45) is 3.08. The van der Waals surface area contributed by atoms with E-state index in [1.54, 1.807) is 12.1 Å². The van der Waals surface area contributed by atoms with Crippen LogP contribution < -0.4 is 5.32 Å². The number of carbonyl (C=O) groups is 1. The molecule has 0 aliphatic carbocycles. The number of carbonyl (C=O) groups excluding carboxylic acids is 1. The van der Waals surface area contributed by atoms with Crippen molar-refractivity contribution in [2.24, 2.45) is 0 Å². The van der Waals surface area contributed by atoms with Crippen LogP contribution in [0.4, 0.5) is 4.79 Å². The zero-order valence-electron chi connectivity index (χ0n) is 22.1. The summed E-state index contributed by atoms with van der Waals surface area (Å²) in [4.78, 5) is 12.7. The van der Waals surface area contributed by atoms with Gasteiger partial charge < -0.3 is 24.0 Å². The fourth-order valence-corrected chi connectivity index (χ4v) is 9.83. The highest BCUT2D eigenvalue weighted by Gasteiger charge is 2.62. The second kappa shape index (κ2) is 9.96. The Hall–Kier alpha value is -1.57. The Morgan fingerprint density at radius 2 is 1.48 bits per heavy atom. The Bertz CT molecular complexity index is 763. The standard InChI is InChI=1S/C26H45NO5Si/c1-23(2,3)32-22(29)27-26(17-11-10-12-20-13-15-21(28)16-14-20)18-30-33(31-19-26,24(4,5)6)25(7,8)9/h13-16,28H,10-12,17-19H2,1-9H3,(H,27,29). The number of nitrogens with one attached hydrogen (secondary N) is 1. The van der Waals surface area contributed by atoms with Crippen LogP contribution in [0.2, 0.25) is 10.1 Å². The van der Waals surface area contributed by atoms with Gasteiger partial charge in [0.15, 0.2) is 0 Å². The van der Waals surface area contributed by atoms with Gasteiger partial charge in [0.1, 0.15) is 11.4 Å². The minimum atomic E-state index is -2.59. The van der Waals surface area contributed by atoms with Crippen LogP contribution in [0.25, 0.3) is 0 Å². The first-order valence-electron chi connectivity index (χ1n) is 12.1. The first-order chi connectivity index (χ1) is 15.0. The highest BCUT2D eigenvalue weighted by Crippen LogP contribution is 2.54. The Morgan fingerprint density at radius 3 is 1.94 bits per heavy atom. The van der Waals surface area contributed by atoms with Crippen LogP contribution in [-0.2, 0) is 20.0 Å². The summed E-state index contributed by atoms with van der Waals surface area (Å²) in [6, 6.07) is 7.33. The first kappa shape index (κ1) is 27.7.